The van der Waals surface area contributed by atoms with E-state index in [1.165, 1.54) is 25.9 Å². The molecule has 2 fully saturated rings. The number of likely N-dealkylation sites (tertiary alicyclic amines) is 2. The van der Waals surface area contributed by atoms with Crippen LogP contribution in [0.2, 0.25) is 0 Å². The molecule has 2 heterocycles. The van der Waals surface area contributed by atoms with Gasteiger partial charge in [0.1, 0.15) is 0 Å². The summed E-state index contributed by atoms with van der Waals surface area (Å²) in [7, 11) is 0. The van der Waals surface area contributed by atoms with E-state index in [-0.39, 0.29) is 18.6 Å². The second-order valence-electron chi connectivity index (χ2n) is 5.23. The molecule has 18 heavy (non-hydrogen) atoms. The van der Waals surface area contributed by atoms with E-state index in [4.69, 9.17) is 10.5 Å². The first-order valence-corrected chi connectivity index (χ1v) is 7.11. The van der Waals surface area contributed by atoms with Crippen molar-refractivity contribution in [1.82, 2.24) is 9.80 Å². The zero-order valence-corrected chi connectivity index (χ0v) is 11.1. The van der Waals surface area contributed by atoms with E-state index in [1.807, 2.05) is 4.90 Å². The number of rotatable bonds is 5. The third-order valence-electron chi connectivity index (χ3n) is 3.87. The van der Waals surface area contributed by atoms with Crippen LogP contribution in [0.15, 0.2) is 0 Å². The fourth-order valence-corrected chi connectivity index (χ4v) is 2.78. The molecule has 0 aliphatic carbocycles. The Kier molecular flexibility index (Phi) is 5.41. The lowest BCUT2D eigenvalue weighted by Gasteiger charge is -2.32. The molecule has 0 aromatic carbocycles. The molecule has 2 aliphatic rings. The van der Waals surface area contributed by atoms with E-state index in [0.717, 1.165) is 39.1 Å². The zero-order chi connectivity index (χ0) is 12.8. The number of ether oxygens (including phenoxy) is 1. The number of nitrogens with zero attached hydrogens (tertiary/aromatic N) is 2. The highest BCUT2D eigenvalue weighted by Crippen LogP contribution is 2.14. The van der Waals surface area contributed by atoms with Crippen LogP contribution in [0.1, 0.15) is 25.7 Å². The van der Waals surface area contributed by atoms with Crippen molar-refractivity contribution >= 4 is 5.91 Å². The summed E-state index contributed by atoms with van der Waals surface area (Å²) in [4.78, 5) is 15.8. The largest absolute Gasteiger partial charge is 0.375 e. The smallest absolute Gasteiger partial charge is 0.236 e. The summed E-state index contributed by atoms with van der Waals surface area (Å²) >= 11 is 0. The maximum Gasteiger partial charge on any atom is 0.236 e. The van der Waals surface area contributed by atoms with Crippen LogP contribution in [0.4, 0.5) is 0 Å². The van der Waals surface area contributed by atoms with Gasteiger partial charge in [0.2, 0.25) is 5.91 Å². The molecule has 0 spiro atoms. The molecule has 2 N–H and O–H groups in total. The van der Waals surface area contributed by atoms with E-state index in [2.05, 4.69) is 4.90 Å². The Hall–Kier alpha value is -0.650. The van der Waals surface area contributed by atoms with Gasteiger partial charge < -0.3 is 20.3 Å². The van der Waals surface area contributed by atoms with Gasteiger partial charge in [0, 0.05) is 19.6 Å². The fourth-order valence-electron chi connectivity index (χ4n) is 2.78. The van der Waals surface area contributed by atoms with E-state index in [0.29, 0.717) is 0 Å². The summed E-state index contributed by atoms with van der Waals surface area (Å²) < 4.78 is 5.89. The average Bonchev–Trinajstić information content (AvgIpc) is 2.91. The number of carbonyl (C=O) groups excluding carboxylic acids is 1. The lowest BCUT2D eigenvalue weighted by Crippen LogP contribution is -2.46. The highest BCUT2D eigenvalue weighted by Gasteiger charge is 2.23. The Morgan fingerprint density at radius 3 is 2.72 bits per heavy atom. The summed E-state index contributed by atoms with van der Waals surface area (Å²) in [5, 5.41) is 0. The van der Waals surface area contributed by atoms with Crippen molar-refractivity contribution in [2.75, 3.05) is 45.9 Å². The van der Waals surface area contributed by atoms with Crippen LogP contribution in [0, 0.1) is 0 Å². The first-order valence-electron chi connectivity index (χ1n) is 7.11. The molecule has 0 bridgehead atoms. The van der Waals surface area contributed by atoms with Gasteiger partial charge in [0.05, 0.1) is 19.3 Å². The quantitative estimate of drug-likeness (QED) is 0.754. The number of carbonyl (C=O) groups is 1. The maximum atomic E-state index is 11.5. The predicted octanol–water partition coefficient (Wildman–Crippen LogP) is 0.0485. The molecular weight excluding hydrogens is 230 g/mol. The number of hydrogen-bond donors (Lipinski definition) is 1. The molecule has 0 aromatic heterocycles. The van der Waals surface area contributed by atoms with Gasteiger partial charge in [-0.3, -0.25) is 4.79 Å². The standard InChI is InChI=1S/C13H25N3O2/c14-10-13(17)16-7-3-4-12(11-16)18-9-8-15-5-1-2-6-15/h12H,1-11,14H2. The highest BCUT2D eigenvalue weighted by molar-refractivity contribution is 5.78. The van der Waals surface area contributed by atoms with Gasteiger partial charge in [0.15, 0.2) is 0 Å². The predicted molar refractivity (Wildman–Crippen MR) is 70.3 cm³/mol. The molecule has 2 saturated heterocycles. The monoisotopic (exact) mass is 255 g/mol. The molecule has 1 unspecified atom stereocenters. The van der Waals surface area contributed by atoms with E-state index in [9.17, 15) is 4.79 Å². The number of nitrogens with two attached hydrogens (primary N) is 1. The molecule has 5 heteroatoms. The molecule has 2 rings (SSSR count). The average molecular weight is 255 g/mol. The van der Waals surface area contributed by atoms with E-state index >= 15 is 0 Å². The maximum absolute atomic E-state index is 11.5. The van der Waals surface area contributed by atoms with Gasteiger partial charge >= 0.3 is 0 Å². The number of amides is 1. The third kappa shape index (κ3) is 3.93. The van der Waals surface area contributed by atoms with Crippen molar-refractivity contribution in [2.24, 2.45) is 5.73 Å². The van der Waals surface area contributed by atoms with Gasteiger partial charge in [-0.05, 0) is 38.8 Å². The Morgan fingerprint density at radius 1 is 1.22 bits per heavy atom. The Labute approximate surface area is 109 Å². The van der Waals surface area contributed by atoms with Crippen LogP contribution in [-0.4, -0.2) is 67.7 Å². The molecule has 104 valence electrons. The molecule has 0 radical (unpaired) electrons. The van der Waals surface area contributed by atoms with Crippen molar-refractivity contribution in [2.45, 2.75) is 31.8 Å². The SMILES string of the molecule is NCC(=O)N1CCCC(OCCN2CCCC2)C1. The molecular formula is C13H25N3O2. The third-order valence-corrected chi connectivity index (χ3v) is 3.87. The van der Waals surface area contributed by atoms with E-state index < -0.39 is 0 Å². The summed E-state index contributed by atoms with van der Waals surface area (Å²) in [5.74, 6) is 0.0443. The van der Waals surface area contributed by atoms with Gasteiger partial charge in [-0.15, -0.1) is 0 Å². The summed E-state index contributed by atoms with van der Waals surface area (Å²) in [6.07, 6.45) is 4.94. The van der Waals surface area contributed by atoms with Crippen LogP contribution < -0.4 is 5.73 Å². The molecule has 1 atom stereocenters. The Bertz CT molecular complexity index is 267. The Morgan fingerprint density at radius 2 is 2.00 bits per heavy atom. The van der Waals surface area contributed by atoms with Gasteiger partial charge in [-0.2, -0.15) is 0 Å². The second-order valence-corrected chi connectivity index (χ2v) is 5.23. The Balaban J connectivity index is 1.64. The van der Waals surface area contributed by atoms with Crippen molar-refractivity contribution in [3.05, 3.63) is 0 Å². The van der Waals surface area contributed by atoms with Crippen molar-refractivity contribution in [1.29, 1.82) is 0 Å². The van der Waals surface area contributed by atoms with Crippen LogP contribution >= 0.6 is 0 Å². The second kappa shape index (κ2) is 7.07. The van der Waals surface area contributed by atoms with Crippen LogP contribution in [0.5, 0.6) is 0 Å². The van der Waals surface area contributed by atoms with Crippen molar-refractivity contribution < 1.29 is 9.53 Å². The van der Waals surface area contributed by atoms with Crippen molar-refractivity contribution in [3.8, 4) is 0 Å². The van der Waals surface area contributed by atoms with Crippen LogP contribution in [-0.2, 0) is 9.53 Å². The summed E-state index contributed by atoms with van der Waals surface area (Å²) in [6, 6.07) is 0. The van der Waals surface area contributed by atoms with Gasteiger partial charge in [-0.25, -0.2) is 0 Å². The molecule has 5 nitrogen and oxygen atoms in total. The number of hydrogen-bond acceptors (Lipinski definition) is 4. The highest BCUT2D eigenvalue weighted by atomic mass is 16.5. The van der Waals surface area contributed by atoms with Crippen molar-refractivity contribution in [3.63, 3.8) is 0 Å². The lowest BCUT2D eigenvalue weighted by molar-refractivity contribution is -0.133. The van der Waals surface area contributed by atoms with Crippen LogP contribution in [0.25, 0.3) is 0 Å². The fraction of sp³-hybridized carbons (Fsp3) is 0.923. The minimum Gasteiger partial charge on any atom is -0.375 e. The van der Waals surface area contributed by atoms with Gasteiger partial charge in [0.25, 0.3) is 0 Å². The summed E-state index contributed by atoms with van der Waals surface area (Å²) in [6.45, 7) is 5.91. The number of piperidine rings is 1. The lowest BCUT2D eigenvalue weighted by atomic mass is 10.1. The first-order chi connectivity index (χ1) is 8.79. The van der Waals surface area contributed by atoms with Gasteiger partial charge in [-0.1, -0.05) is 0 Å². The normalized spacial score (nSPS) is 25.6. The van der Waals surface area contributed by atoms with E-state index in [1.54, 1.807) is 0 Å². The zero-order valence-electron chi connectivity index (χ0n) is 11.1. The topological polar surface area (TPSA) is 58.8 Å². The molecule has 0 saturated carbocycles. The molecule has 1 amide bonds. The molecule has 2 aliphatic heterocycles. The molecule has 0 aromatic rings. The summed E-state index contributed by atoms with van der Waals surface area (Å²) in [5.41, 5.74) is 5.39. The van der Waals surface area contributed by atoms with Crippen LogP contribution in [0.3, 0.4) is 0 Å². The minimum absolute atomic E-state index is 0.0443. The first kappa shape index (κ1) is 13.8. The minimum atomic E-state index is 0.0443.